The fourth-order valence-electron chi connectivity index (χ4n) is 5.58. The van der Waals surface area contributed by atoms with Gasteiger partial charge in [0, 0.05) is 37.6 Å². The van der Waals surface area contributed by atoms with Gasteiger partial charge in [0.1, 0.15) is 12.4 Å². The van der Waals surface area contributed by atoms with Crippen molar-refractivity contribution in [3.63, 3.8) is 0 Å². The molecule has 2 aliphatic rings. The molecule has 240 valence electrons. The van der Waals surface area contributed by atoms with Crippen LogP contribution >= 0.6 is 11.6 Å². The molecule has 2 aromatic carbocycles. The quantitative estimate of drug-likeness (QED) is 0.283. The van der Waals surface area contributed by atoms with Crippen LogP contribution in [0, 0.1) is 0 Å². The molecule has 0 spiro atoms. The van der Waals surface area contributed by atoms with Gasteiger partial charge in [-0.2, -0.15) is 0 Å². The van der Waals surface area contributed by atoms with Crippen LogP contribution in [0.1, 0.15) is 43.2 Å². The van der Waals surface area contributed by atoms with Gasteiger partial charge in [-0.1, -0.05) is 41.9 Å². The van der Waals surface area contributed by atoms with Gasteiger partial charge in [-0.05, 0) is 65.4 Å². The Morgan fingerprint density at radius 1 is 1.09 bits per heavy atom. The summed E-state index contributed by atoms with van der Waals surface area (Å²) in [7, 11) is -1.55. The smallest absolute Gasteiger partial charge is 0.243 e. The van der Waals surface area contributed by atoms with Crippen LogP contribution in [0.4, 0.5) is 0 Å². The maximum Gasteiger partial charge on any atom is 0.243 e. The Labute approximate surface area is 269 Å². The highest BCUT2D eigenvalue weighted by atomic mass is 35.5. The van der Waals surface area contributed by atoms with Gasteiger partial charge >= 0.3 is 0 Å². The van der Waals surface area contributed by atoms with E-state index in [2.05, 4.69) is 25.6 Å². The number of benzene rings is 2. The third-order valence-corrected chi connectivity index (χ3v) is 9.27. The lowest BCUT2D eigenvalue weighted by molar-refractivity contribution is -0.140. The summed E-state index contributed by atoms with van der Waals surface area (Å²) in [5, 5.41) is 14.7. The molecule has 0 bridgehead atoms. The van der Waals surface area contributed by atoms with Gasteiger partial charge < -0.3 is 19.9 Å². The van der Waals surface area contributed by atoms with Crippen LogP contribution in [-0.4, -0.2) is 96.9 Å². The lowest BCUT2D eigenvalue weighted by atomic mass is 10.1. The van der Waals surface area contributed by atoms with E-state index in [-0.39, 0.29) is 36.4 Å². The second-order valence-electron chi connectivity index (χ2n) is 11.0. The van der Waals surface area contributed by atoms with Crippen LogP contribution in [0.3, 0.4) is 0 Å². The summed E-state index contributed by atoms with van der Waals surface area (Å²) in [6.45, 7) is 2.69. The number of morpholine rings is 1. The molecule has 3 aromatic rings. The molecule has 0 radical (unpaired) electrons. The Balaban J connectivity index is 1.24. The fraction of sp³-hybridized carbons (Fsp3) is 0.467. The molecule has 45 heavy (non-hydrogen) atoms. The monoisotopic (exact) mass is 656 g/mol. The van der Waals surface area contributed by atoms with E-state index in [0.29, 0.717) is 74.8 Å². The first-order valence-corrected chi connectivity index (χ1v) is 16.7. The highest BCUT2D eigenvalue weighted by Crippen LogP contribution is 2.22. The van der Waals surface area contributed by atoms with Crippen LogP contribution in [0.2, 0.25) is 5.02 Å². The number of tetrazole rings is 1. The zero-order valence-electron chi connectivity index (χ0n) is 24.8. The fourth-order valence-corrected chi connectivity index (χ4v) is 6.89. The molecule has 2 saturated heterocycles. The summed E-state index contributed by atoms with van der Waals surface area (Å²) in [5.74, 6) is -0.361. The van der Waals surface area contributed by atoms with Crippen LogP contribution in [-0.2, 0) is 42.4 Å². The Hall–Kier alpha value is -3.72. The maximum absolute atomic E-state index is 13.9. The van der Waals surface area contributed by atoms with E-state index in [1.54, 1.807) is 28.0 Å². The zero-order chi connectivity index (χ0) is 31.6. The lowest BCUT2D eigenvalue weighted by Crippen LogP contribution is -2.52. The van der Waals surface area contributed by atoms with Gasteiger partial charge in [-0.15, -0.1) is 5.10 Å². The SMILES string of the molecule is O=C(NCc1cc(Cl)ccc1-n1cnnn1)[C@@H]1CCCN1C(=O)C(CCCC(=O)N1CCOCC1)NS(=O)Cc1ccccc1. The third-order valence-electron chi connectivity index (χ3n) is 7.89. The highest BCUT2D eigenvalue weighted by molar-refractivity contribution is 7.82. The highest BCUT2D eigenvalue weighted by Gasteiger charge is 2.37. The predicted octanol–water partition coefficient (Wildman–Crippen LogP) is 1.77. The molecule has 15 heteroatoms. The molecule has 0 saturated carbocycles. The molecule has 5 rings (SSSR count). The van der Waals surface area contributed by atoms with E-state index in [1.165, 1.54) is 11.0 Å². The van der Waals surface area contributed by atoms with Gasteiger partial charge in [0.15, 0.2) is 0 Å². The maximum atomic E-state index is 13.9. The topological polar surface area (TPSA) is 152 Å². The van der Waals surface area contributed by atoms with Crippen molar-refractivity contribution in [2.75, 3.05) is 32.8 Å². The minimum absolute atomic E-state index is 0.00962. The lowest BCUT2D eigenvalue weighted by Gasteiger charge is -2.29. The number of ether oxygens (including phenoxy) is 1. The number of nitrogens with zero attached hydrogens (tertiary/aromatic N) is 6. The Kier molecular flexibility index (Phi) is 11.6. The Morgan fingerprint density at radius 2 is 1.89 bits per heavy atom. The molecule has 2 fully saturated rings. The molecule has 0 aliphatic carbocycles. The average molecular weight is 657 g/mol. The number of carbonyl (C=O) groups excluding carboxylic acids is 3. The van der Waals surface area contributed by atoms with E-state index in [0.717, 1.165) is 5.56 Å². The summed E-state index contributed by atoms with van der Waals surface area (Å²) >= 11 is 6.23. The molecule has 13 nitrogen and oxygen atoms in total. The van der Waals surface area contributed by atoms with Crippen molar-refractivity contribution in [1.82, 2.24) is 40.0 Å². The van der Waals surface area contributed by atoms with Crippen molar-refractivity contribution in [2.24, 2.45) is 0 Å². The number of nitrogens with one attached hydrogen (secondary N) is 2. The van der Waals surface area contributed by atoms with Crippen LogP contribution in [0.15, 0.2) is 54.9 Å². The van der Waals surface area contributed by atoms with Crippen molar-refractivity contribution in [3.05, 3.63) is 71.0 Å². The molecule has 2 N–H and O–H groups in total. The first-order chi connectivity index (χ1) is 21.9. The van der Waals surface area contributed by atoms with E-state index < -0.39 is 23.1 Å². The van der Waals surface area contributed by atoms with Crippen LogP contribution < -0.4 is 10.0 Å². The first kappa shape index (κ1) is 32.7. The van der Waals surface area contributed by atoms with E-state index in [4.69, 9.17) is 16.3 Å². The largest absolute Gasteiger partial charge is 0.378 e. The molecule has 2 aliphatic heterocycles. The van der Waals surface area contributed by atoms with Gasteiger partial charge in [0.05, 0.1) is 41.7 Å². The second kappa shape index (κ2) is 16.0. The van der Waals surface area contributed by atoms with Crippen molar-refractivity contribution < 1.29 is 23.3 Å². The Morgan fingerprint density at radius 3 is 2.64 bits per heavy atom. The van der Waals surface area contributed by atoms with Crippen molar-refractivity contribution in [1.29, 1.82) is 0 Å². The summed E-state index contributed by atoms with van der Waals surface area (Å²) < 4.78 is 23.0. The van der Waals surface area contributed by atoms with Crippen molar-refractivity contribution >= 4 is 40.3 Å². The minimum atomic E-state index is -1.55. The Bertz CT molecular complexity index is 1470. The second-order valence-corrected chi connectivity index (χ2v) is 12.6. The number of halogens is 1. The van der Waals surface area contributed by atoms with Crippen LogP contribution in [0.5, 0.6) is 0 Å². The molecule has 1 aromatic heterocycles. The van der Waals surface area contributed by atoms with Crippen LogP contribution in [0.25, 0.3) is 5.69 Å². The normalized spacial score (nSPS) is 18.0. The molecule has 3 heterocycles. The van der Waals surface area contributed by atoms with Gasteiger partial charge in [0.25, 0.3) is 0 Å². The van der Waals surface area contributed by atoms with Crippen molar-refractivity contribution in [2.45, 2.75) is 56.5 Å². The van der Waals surface area contributed by atoms with Crippen molar-refractivity contribution in [3.8, 4) is 5.69 Å². The molecule has 3 amide bonds. The number of rotatable bonds is 13. The summed E-state index contributed by atoms with van der Waals surface area (Å²) in [6, 6.07) is 13.1. The zero-order valence-corrected chi connectivity index (χ0v) is 26.4. The van der Waals surface area contributed by atoms with Gasteiger partial charge in [-0.3, -0.25) is 14.4 Å². The standard InChI is InChI=1S/C30H37ClN8O5S/c31-24-11-12-26(39-21-33-35-36-39)23(18-24)19-32-29(41)27-9-5-13-38(27)30(42)25(34-45(43)20-22-6-2-1-3-7-22)8-4-10-28(40)37-14-16-44-17-15-37/h1-3,6-7,11-12,18,21,25,27,34H,4-5,8-10,13-17,19-20H2,(H,32,41)/t25?,27-,45?/m0/s1. The van der Waals surface area contributed by atoms with E-state index in [1.807, 2.05) is 30.3 Å². The number of aromatic nitrogens is 4. The van der Waals surface area contributed by atoms with Gasteiger partial charge in [-0.25, -0.2) is 13.6 Å². The number of hydrogen-bond donors (Lipinski definition) is 2. The molecule has 3 atom stereocenters. The van der Waals surface area contributed by atoms with Gasteiger partial charge in [0.2, 0.25) is 17.7 Å². The third kappa shape index (κ3) is 8.93. The first-order valence-electron chi connectivity index (χ1n) is 15.0. The predicted molar refractivity (Wildman–Crippen MR) is 167 cm³/mol. The molecular formula is C30H37ClN8O5S. The average Bonchev–Trinajstić information content (AvgIpc) is 3.77. The summed E-state index contributed by atoms with van der Waals surface area (Å²) in [6.07, 6.45) is 3.62. The number of hydrogen-bond acceptors (Lipinski definition) is 8. The number of carbonyl (C=O) groups is 3. The number of likely N-dealkylation sites (tertiary alicyclic amines) is 1. The summed E-state index contributed by atoms with van der Waals surface area (Å²) in [4.78, 5) is 43.5. The minimum Gasteiger partial charge on any atom is -0.378 e. The van der Waals surface area contributed by atoms with E-state index >= 15 is 0 Å². The van der Waals surface area contributed by atoms with E-state index in [9.17, 15) is 18.6 Å². The molecular weight excluding hydrogens is 620 g/mol. The molecule has 2 unspecified atom stereocenters. The number of amides is 3. The summed E-state index contributed by atoms with van der Waals surface area (Å²) in [5.41, 5.74) is 2.25.